The lowest BCUT2D eigenvalue weighted by molar-refractivity contribution is 0.462. The number of rotatable bonds is 8. The van der Waals surface area contributed by atoms with Crippen molar-refractivity contribution in [1.82, 2.24) is 19.9 Å². The van der Waals surface area contributed by atoms with Crippen LogP contribution in [0.15, 0.2) is 18.6 Å². The fraction of sp³-hybridized carbons (Fsp3) is 0.636. The molecule has 7 nitrogen and oxygen atoms in total. The highest BCUT2D eigenvalue weighted by atomic mass is 15.1. The largest absolute Gasteiger partial charge is 0.367 e. The Hall–Kier alpha value is -2.44. The molecular formula is C22H35N7. The molecule has 0 bridgehead atoms. The van der Waals surface area contributed by atoms with Gasteiger partial charge in [-0.1, -0.05) is 32.6 Å². The summed E-state index contributed by atoms with van der Waals surface area (Å²) in [5.41, 5.74) is 1.67. The van der Waals surface area contributed by atoms with Crippen LogP contribution in [0.4, 0.5) is 17.6 Å². The maximum atomic E-state index is 4.81. The maximum Gasteiger partial charge on any atom is 0.224 e. The second-order valence-corrected chi connectivity index (χ2v) is 8.88. The van der Waals surface area contributed by atoms with Gasteiger partial charge < -0.3 is 16.0 Å². The Morgan fingerprint density at radius 1 is 1.07 bits per heavy atom. The minimum Gasteiger partial charge on any atom is -0.367 e. The monoisotopic (exact) mass is 397 g/mol. The highest BCUT2D eigenvalue weighted by Gasteiger charge is 2.19. The SMILES string of the molecule is CCCCNc1ncc(-c2cc(NC(C)(C)C)ncn2)c(NC2CCCCC2)n1. The van der Waals surface area contributed by atoms with Crippen LogP contribution in [0.3, 0.4) is 0 Å². The molecule has 2 aromatic heterocycles. The van der Waals surface area contributed by atoms with Gasteiger partial charge in [-0.2, -0.15) is 4.98 Å². The van der Waals surface area contributed by atoms with E-state index in [1.807, 2.05) is 12.3 Å². The van der Waals surface area contributed by atoms with Crippen LogP contribution in [-0.2, 0) is 0 Å². The Labute approximate surface area is 174 Å². The van der Waals surface area contributed by atoms with Crippen molar-refractivity contribution in [2.24, 2.45) is 0 Å². The first-order valence-electron chi connectivity index (χ1n) is 10.9. The van der Waals surface area contributed by atoms with E-state index in [0.29, 0.717) is 12.0 Å². The Morgan fingerprint density at radius 2 is 1.86 bits per heavy atom. The van der Waals surface area contributed by atoms with Gasteiger partial charge in [-0.3, -0.25) is 0 Å². The van der Waals surface area contributed by atoms with E-state index in [2.05, 4.69) is 58.6 Å². The number of unbranched alkanes of at least 4 members (excludes halogenated alkanes) is 1. The molecule has 0 aliphatic heterocycles. The van der Waals surface area contributed by atoms with E-state index < -0.39 is 0 Å². The highest BCUT2D eigenvalue weighted by Crippen LogP contribution is 2.29. The molecule has 158 valence electrons. The van der Waals surface area contributed by atoms with Crippen molar-refractivity contribution < 1.29 is 0 Å². The molecule has 0 aromatic carbocycles. The van der Waals surface area contributed by atoms with Gasteiger partial charge in [-0.05, 0) is 40.0 Å². The van der Waals surface area contributed by atoms with Gasteiger partial charge in [0.15, 0.2) is 0 Å². The number of aromatic nitrogens is 4. The van der Waals surface area contributed by atoms with Gasteiger partial charge in [0.25, 0.3) is 0 Å². The van der Waals surface area contributed by atoms with Crippen molar-refractivity contribution in [2.45, 2.75) is 84.2 Å². The molecule has 2 aromatic rings. The molecule has 0 spiro atoms. The molecule has 0 atom stereocenters. The standard InChI is InChI=1S/C22H35N7/c1-5-6-12-23-21-24-14-17(20(28-21)27-16-10-8-7-9-11-16)18-13-19(26-15-25-18)29-22(2,3)4/h13-16H,5-12H2,1-4H3,(H,25,26,29)(H2,23,24,27,28). The van der Waals surface area contributed by atoms with Crippen molar-refractivity contribution in [1.29, 1.82) is 0 Å². The van der Waals surface area contributed by atoms with E-state index in [0.717, 1.165) is 42.3 Å². The molecule has 0 unspecified atom stereocenters. The van der Waals surface area contributed by atoms with Crippen LogP contribution in [0.25, 0.3) is 11.3 Å². The zero-order valence-corrected chi connectivity index (χ0v) is 18.3. The maximum absolute atomic E-state index is 4.81. The average Bonchev–Trinajstić information content (AvgIpc) is 2.68. The van der Waals surface area contributed by atoms with E-state index in [1.54, 1.807) is 6.33 Å². The topological polar surface area (TPSA) is 87.7 Å². The molecule has 1 fully saturated rings. The summed E-state index contributed by atoms with van der Waals surface area (Å²) in [5, 5.41) is 10.4. The summed E-state index contributed by atoms with van der Waals surface area (Å²) in [4.78, 5) is 18.2. The zero-order chi connectivity index (χ0) is 20.7. The van der Waals surface area contributed by atoms with E-state index in [4.69, 9.17) is 4.98 Å². The molecule has 3 rings (SSSR count). The minimum atomic E-state index is -0.0711. The molecule has 0 radical (unpaired) electrons. The van der Waals surface area contributed by atoms with E-state index in [9.17, 15) is 0 Å². The predicted octanol–water partition coefficient (Wildman–Crippen LogP) is 5.10. The number of nitrogens with zero attached hydrogens (tertiary/aromatic N) is 4. The fourth-order valence-corrected chi connectivity index (χ4v) is 3.54. The summed E-state index contributed by atoms with van der Waals surface area (Å²) in [5.74, 6) is 2.32. The van der Waals surface area contributed by atoms with Crippen LogP contribution in [0.1, 0.15) is 72.6 Å². The van der Waals surface area contributed by atoms with Gasteiger partial charge in [0.05, 0.1) is 11.3 Å². The Balaban J connectivity index is 1.88. The van der Waals surface area contributed by atoms with Crippen LogP contribution in [-0.4, -0.2) is 38.1 Å². The average molecular weight is 398 g/mol. The van der Waals surface area contributed by atoms with E-state index >= 15 is 0 Å². The van der Waals surface area contributed by atoms with Crippen LogP contribution in [0.5, 0.6) is 0 Å². The highest BCUT2D eigenvalue weighted by molar-refractivity contribution is 5.74. The van der Waals surface area contributed by atoms with Crippen LogP contribution < -0.4 is 16.0 Å². The molecule has 2 heterocycles. The predicted molar refractivity (Wildman–Crippen MR) is 120 cm³/mol. The van der Waals surface area contributed by atoms with E-state index in [-0.39, 0.29) is 5.54 Å². The molecule has 3 N–H and O–H groups in total. The lowest BCUT2D eigenvalue weighted by atomic mass is 9.95. The van der Waals surface area contributed by atoms with Crippen molar-refractivity contribution in [3.05, 3.63) is 18.6 Å². The third-order valence-corrected chi connectivity index (χ3v) is 4.99. The third kappa shape index (κ3) is 6.54. The summed E-state index contributed by atoms with van der Waals surface area (Å²) in [6.45, 7) is 9.41. The first-order chi connectivity index (χ1) is 13.9. The van der Waals surface area contributed by atoms with Crippen LogP contribution >= 0.6 is 0 Å². The molecular weight excluding hydrogens is 362 g/mol. The molecule has 1 aliphatic rings. The summed E-state index contributed by atoms with van der Waals surface area (Å²) < 4.78 is 0. The third-order valence-electron chi connectivity index (χ3n) is 4.99. The molecule has 0 saturated heterocycles. The van der Waals surface area contributed by atoms with Crippen molar-refractivity contribution in [2.75, 3.05) is 22.5 Å². The second kappa shape index (κ2) is 9.85. The normalized spacial score (nSPS) is 15.2. The smallest absolute Gasteiger partial charge is 0.224 e. The van der Waals surface area contributed by atoms with Crippen molar-refractivity contribution >= 4 is 17.6 Å². The minimum absolute atomic E-state index is 0.0711. The Morgan fingerprint density at radius 3 is 2.59 bits per heavy atom. The Bertz CT molecular complexity index is 779. The van der Waals surface area contributed by atoms with Gasteiger partial charge in [-0.25, -0.2) is 15.0 Å². The second-order valence-electron chi connectivity index (χ2n) is 8.88. The number of anilines is 3. The molecule has 1 saturated carbocycles. The summed E-state index contributed by atoms with van der Waals surface area (Å²) in [7, 11) is 0. The quantitative estimate of drug-likeness (QED) is 0.534. The van der Waals surface area contributed by atoms with Gasteiger partial charge in [0.2, 0.25) is 5.95 Å². The van der Waals surface area contributed by atoms with Gasteiger partial charge in [0, 0.05) is 30.4 Å². The van der Waals surface area contributed by atoms with Gasteiger partial charge >= 0.3 is 0 Å². The lowest BCUT2D eigenvalue weighted by Gasteiger charge is -2.25. The van der Waals surface area contributed by atoms with Crippen LogP contribution in [0.2, 0.25) is 0 Å². The number of hydrogen-bond acceptors (Lipinski definition) is 7. The summed E-state index contributed by atoms with van der Waals surface area (Å²) >= 11 is 0. The fourth-order valence-electron chi connectivity index (χ4n) is 3.54. The molecule has 0 amide bonds. The molecule has 1 aliphatic carbocycles. The molecule has 7 heteroatoms. The first kappa shape index (κ1) is 21.3. The van der Waals surface area contributed by atoms with Gasteiger partial charge in [0.1, 0.15) is 18.0 Å². The molecule has 29 heavy (non-hydrogen) atoms. The van der Waals surface area contributed by atoms with Crippen molar-refractivity contribution in [3.8, 4) is 11.3 Å². The van der Waals surface area contributed by atoms with Crippen LogP contribution in [0, 0.1) is 0 Å². The first-order valence-corrected chi connectivity index (χ1v) is 10.9. The van der Waals surface area contributed by atoms with Crippen molar-refractivity contribution in [3.63, 3.8) is 0 Å². The zero-order valence-electron chi connectivity index (χ0n) is 18.3. The lowest BCUT2D eigenvalue weighted by Crippen LogP contribution is -2.26. The number of hydrogen-bond donors (Lipinski definition) is 3. The summed E-state index contributed by atoms with van der Waals surface area (Å²) in [6, 6.07) is 2.43. The summed E-state index contributed by atoms with van der Waals surface area (Å²) in [6.07, 6.45) is 11.9. The van der Waals surface area contributed by atoms with Gasteiger partial charge in [-0.15, -0.1) is 0 Å². The van der Waals surface area contributed by atoms with E-state index in [1.165, 1.54) is 32.1 Å². The number of nitrogens with one attached hydrogen (secondary N) is 3. The Kier molecular flexibility index (Phi) is 7.23.